The summed E-state index contributed by atoms with van der Waals surface area (Å²) in [5, 5.41) is 11.1. The molecule has 1 aromatic heterocycles. The monoisotopic (exact) mass is 291 g/mol. The van der Waals surface area contributed by atoms with E-state index < -0.39 is 0 Å². The molecule has 1 fully saturated rings. The van der Waals surface area contributed by atoms with Gasteiger partial charge in [0.1, 0.15) is 0 Å². The lowest BCUT2D eigenvalue weighted by Gasteiger charge is -2.17. The molecule has 1 unspecified atom stereocenters. The van der Waals surface area contributed by atoms with E-state index in [9.17, 15) is 4.79 Å². The van der Waals surface area contributed by atoms with Crippen molar-refractivity contribution in [1.82, 2.24) is 19.9 Å². The summed E-state index contributed by atoms with van der Waals surface area (Å²) in [6.07, 6.45) is 4.34. The van der Waals surface area contributed by atoms with Gasteiger partial charge in [-0.1, -0.05) is 28.9 Å². The van der Waals surface area contributed by atoms with Gasteiger partial charge in [-0.05, 0) is 18.6 Å². The number of benzene rings is 1. The van der Waals surface area contributed by atoms with Gasteiger partial charge >= 0.3 is 6.03 Å². The van der Waals surface area contributed by atoms with Crippen LogP contribution in [0.3, 0.4) is 0 Å². The van der Waals surface area contributed by atoms with Gasteiger partial charge in [0.2, 0.25) is 0 Å². The van der Waals surface area contributed by atoms with Crippen LogP contribution in [0.25, 0.3) is 0 Å². The Balaban J connectivity index is 1.63. The normalized spacial score (nSPS) is 18.2. The lowest BCUT2D eigenvalue weighted by Crippen LogP contribution is -2.33. The molecule has 0 spiro atoms. The second-order valence-electron chi connectivity index (χ2n) is 4.68. The Bertz CT molecular complexity index is 601. The Morgan fingerprint density at radius 3 is 3.00 bits per heavy atom. The van der Waals surface area contributed by atoms with E-state index in [1.165, 1.54) is 0 Å². The van der Waals surface area contributed by atoms with Gasteiger partial charge in [-0.2, -0.15) is 0 Å². The molecule has 0 saturated carbocycles. The van der Waals surface area contributed by atoms with Gasteiger partial charge in [-0.3, -0.25) is 0 Å². The minimum absolute atomic E-state index is 0.138. The fraction of sp³-hybridized carbons (Fsp3) is 0.308. The summed E-state index contributed by atoms with van der Waals surface area (Å²) < 4.78 is 1.79. The average Bonchev–Trinajstić information content (AvgIpc) is 3.11. The molecule has 1 aliphatic rings. The van der Waals surface area contributed by atoms with Crippen molar-refractivity contribution in [2.24, 2.45) is 0 Å². The molecule has 6 nitrogen and oxygen atoms in total. The molecule has 1 saturated heterocycles. The maximum Gasteiger partial charge on any atom is 0.321 e. The van der Waals surface area contributed by atoms with Gasteiger partial charge in [0, 0.05) is 19.3 Å². The second kappa shape index (κ2) is 5.50. The van der Waals surface area contributed by atoms with E-state index in [4.69, 9.17) is 11.6 Å². The highest BCUT2D eigenvalue weighted by atomic mass is 35.5. The number of para-hydroxylation sites is 1. The summed E-state index contributed by atoms with van der Waals surface area (Å²) in [5.41, 5.74) is 0.628. The molecule has 1 aromatic carbocycles. The lowest BCUT2D eigenvalue weighted by molar-refractivity contribution is 0.220. The predicted octanol–water partition coefficient (Wildman–Crippen LogP) is 2.41. The second-order valence-corrected chi connectivity index (χ2v) is 5.09. The van der Waals surface area contributed by atoms with Crippen molar-refractivity contribution in [3.05, 3.63) is 41.7 Å². The third-order valence-corrected chi connectivity index (χ3v) is 3.71. The number of carbonyl (C=O) groups excluding carboxylic acids is 1. The van der Waals surface area contributed by atoms with Crippen molar-refractivity contribution >= 4 is 23.3 Å². The summed E-state index contributed by atoms with van der Waals surface area (Å²) in [6.45, 7) is 1.32. The van der Waals surface area contributed by atoms with Crippen LogP contribution in [-0.4, -0.2) is 39.0 Å². The number of urea groups is 1. The molecule has 7 heteroatoms. The van der Waals surface area contributed by atoms with Crippen LogP contribution in [0.5, 0.6) is 0 Å². The SMILES string of the molecule is O=C(Nc1ccccc1Cl)N1CCC(n2ccnn2)C1. The van der Waals surface area contributed by atoms with Gasteiger partial charge in [0.05, 0.1) is 22.9 Å². The largest absolute Gasteiger partial charge is 0.322 e. The first-order valence-corrected chi connectivity index (χ1v) is 6.78. The standard InChI is InChI=1S/C13H14ClN5O/c14-11-3-1-2-4-12(11)16-13(20)18-7-5-10(9-18)19-8-6-15-17-19/h1-4,6,8,10H,5,7,9H2,(H,16,20). The Morgan fingerprint density at radius 1 is 1.40 bits per heavy atom. The minimum atomic E-state index is -0.138. The van der Waals surface area contributed by atoms with Crippen LogP contribution in [-0.2, 0) is 0 Å². The summed E-state index contributed by atoms with van der Waals surface area (Å²) in [6, 6.07) is 7.25. The molecule has 1 N–H and O–H groups in total. The molecule has 0 radical (unpaired) electrons. The van der Waals surface area contributed by atoms with Crippen LogP contribution < -0.4 is 5.32 Å². The first-order valence-electron chi connectivity index (χ1n) is 6.40. The molecule has 104 valence electrons. The highest BCUT2D eigenvalue weighted by Crippen LogP contribution is 2.24. The molecular formula is C13H14ClN5O. The number of aromatic nitrogens is 3. The zero-order chi connectivity index (χ0) is 13.9. The lowest BCUT2D eigenvalue weighted by atomic mass is 10.3. The highest BCUT2D eigenvalue weighted by molar-refractivity contribution is 6.33. The van der Waals surface area contributed by atoms with Crippen molar-refractivity contribution in [2.75, 3.05) is 18.4 Å². The van der Waals surface area contributed by atoms with Crippen LogP contribution in [0.2, 0.25) is 5.02 Å². The third kappa shape index (κ3) is 2.60. The van der Waals surface area contributed by atoms with Crippen molar-refractivity contribution in [2.45, 2.75) is 12.5 Å². The molecule has 1 aliphatic heterocycles. The number of anilines is 1. The van der Waals surface area contributed by atoms with E-state index >= 15 is 0 Å². The van der Waals surface area contributed by atoms with Crippen LogP contribution in [0.15, 0.2) is 36.7 Å². The maximum atomic E-state index is 12.2. The van der Waals surface area contributed by atoms with E-state index in [1.54, 1.807) is 27.9 Å². The Hall–Kier alpha value is -2.08. The number of halogens is 1. The summed E-state index contributed by atoms with van der Waals surface area (Å²) in [7, 11) is 0. The molecule has 1 atom stereocenters. The third-order valence-electron chi connectivity index (χ3n) is 3.38. The number of likely N-dealkylation sites (tertiary alicyclic amines) is 1. The summed E-state index contributed by atoms with van der Waals surface area (Å²) >= 11 is 6.03. The van der Waals surface area contributed by atoms with E-state index in [1.807, 2.05) is 18.3 Å². The van der Waals surface area contributed by atoms with E-state index in [-0.39, 0.29) is 12.1 Å². The molecule has 3 rings (SSSR count). The Morgan fingerprint density at radius 2 is 2.25 bits per heavy atom. The number of hydrogen-bond acceptors (Lipinski definition) is 3. The van der Waals surface area contributed by atoms with E-state index in [0.717, 1.165) is 6.42 Å². The van der Waals surface area contributed by atoms with Crippen molar-refractivity contribution in [1.29, 1.82) is 0 Å². The smallest absolute Gasteiger partial charge is 0.321 e. The molecule has 20 heavy (non-hydrogen) atoms. The quantitative estimate of drug-likeness (QED) is 0.924. The number of rotatable bonds is 2. The van der Waals surface area contributed by atoms with E-state index in [2.05, 4.69) is 15.6 Å². The van der Waals surface area contributed by atoms with Gasteiger partial charge in [-0.15, -0.1) is 5.10 Å². The van der Waals surface area contributed by atoms with Crippen molar-refractivity contribution in [3.63, 3.8) is 0 Å². The molecular weight excluding hydrogens is 278 g/mol. The zero-order valence-electron chi connectivity index (χ0n) is 10.7. The van der Waals surface area contributed by atoms with Gasteiger partial charge in [-0.25, -0.2) is 9.48 Å². The van der Waals surface area contributed by atoms with Crippen LogP contribution >= 0.6 is 11.6 Å². The molecule has 2 amide bonds. The Labute approximate surface area is 121 Å². The fourth-order valence-corrected chi connectivity index (χ4v) is 2.49. The fourth-order valence-electron chi connectivity index (χ4n) is 2.31. The topological polar surface area (TPSA) is 63.1 Å². The number of nitrogens with one attached hydrogen (secondary N) is 1. The van der Waals surface area contributed by atoms with Crippen LogP contribution in [0.1, 0.15) is 12.5 Å². The molecule has 2 heterocycles. The van der Waals surface area contributed by atoms with E-state index in [0.29, 0.717) is 23.8 Å². The first-order chi connectivity index (χ1) is 9.74. The van der Waals surface area contributed by atoms with Crippen molar-refractivity contribution < 1.29 is 4.79 Å². The van der Waals surface area contributed by atoms with Gasteiger partial charge in [0.15, 0.2) is 0 Å². The minimum Gasteiger partial charge on any atom is -0.322 e. The number of amides is 2. The van der Waals surface area contributed by atoms with Gasteiger partial charge in [0.25, 0.3) is 0 Å². The highest BCUT2D eigenvalue weighted by Gasteiger charge is 2.28. The molecule has 0 aliphatic carbocycles. The summed E-state index contributed by atoms with van der Waals surface area (Å²) in [5.74, 6) is 0. The predicted molar refractivity (Wildman–Crippen MR) is 75.7 cm³/mol. The number of nitrogens with zero attached hydrogens (tertiary/aromatic N) is 4. The van der Waals surface area contributed by atoms with Gasteiger partial charge < -0.3 is 10.2 Å². The molecule has 0 bridgehead atoms. The number of hydrogen-bond donors (Lipinski definition) is 1. The van der Waals surface area contributed by atoms with Crippen molar-refractivity contribution in [3.8, 4) is 0 Å². The average molecular weight is 292 g/mol. The maximum absolute atomic E-state index is 12.2. The molecule has 2 aromatic rings. The Kier molecular flexibility index (Phi) is 3.56. The van der Waals surface area contributed by atoms with Crippen LogP contribution in [0, 0.1) is 0 Å². The first kappa shape index (κ1) is 12.9. The number of carbonyl (C=O) groups is 1. The zero-order valence-corrected chi connectivity index (χ0v) is 11.5. The summed E-state index contributed by atoms with van der Waals surface area (Å²) in [4.78, 5) is 14.0. The van der Waals surface area contributed by atoms with Crippen LogP contribution in [0.4, 0.5) is 10.5 Å².